The molecule has 2 aromatic carbocycles. The smallest absolute Gasteiger partial charge is 0.251 e. The summed E-state index contributed by atoms with van der Waals surface area (Å²) in [6, 6.07) is 14.0. The summed E-state index contributed by atoms with van der Waals surface area (Å²) >= 11 is 0. The van der Waals surface area contributed by atoms with Crippen molar-refractivity contribution in [3.05, 3.63) is 77.6 Å². The molecule has 1 unspecified atom stereocenters. The average molecular weight is 363 g/mol. The van der Waals surface area contributed by atoms with Crippen molar-refractivity contribution < 1.29 is 14.3 Å². The van der Waals surface area contributed by atoms with E-state index in [2.05, 4.69) is 10.4 Å². The number of methoxy groups -OCH3 is 1. The molecule has 0 aliphatic carbocycles. The second-order valence-electron chi connectivity index (χ2n) is 6.25. The van der Waals surface area contributed by atoms with Crippen LogP contribution in [0.4, 0.5) is 0 Å². The minimum atomic E-state index is -0.238. The Kier molecular flexibility index (Phi) is 5.35. The van der Waals surface area contributed by atoms with Crippen LogP contribution in [0, 0.1) is 0 Å². The largest absolute Gasteiger partial charge is 0.497 e. The molecule has 0 bridgehead atoms. The molecule has 27 heavy (non-hydrogen) atoms. The van der Waals surface area contributed by atoms with Gasteiger partial charge in [-0.3, -0.25) is 9.59 Å². The lowest BCUT2D eigenvalue weighted by molar-refractivity contribution is 0.0940. The molecule has 0 saturated carbocycles. The summed E-state index contributed by atoms with van der Waals surface area (Å²) < 4.78 is 6.97. The summed E-state index contributed by atoms with van der Waals surface area (Å²) in [6.45, 7) is 3.37. The van der Waals surface area contributed by atoms with Crippen molar-refractivity contribution >= 4 is 11.7 Å². The van der Waals surface area contributed by atoms with Gasteiger partial charge in [0.05, 0.1) is 25.0 Å². The number of ketones is 1. The van der Waals surface area contributed by atoms with Gasteiger partial charge in [0, 0.05) is 29.0 Å². The number of ether oxygens (including phenoxy) is 1. The van der Waals surface area contributed by atoms with E-state index in [1.807, 2.05) is 37.4 Å². The van der Waals surface area contributed by atoms with Gasteiger partial charge in [-0.1, -0.05) is 18.2 Å². The number of nitrogens with zero attached hydrogens (tertiary/aromatic N) is 2. The maximum absolute atomic E-state index is 12.5. The molecule has 1 N–H and O–H groups in total. The van der Waals surface area contributed by atoms with Crippen molar-refractivity contribution in [2.24, 2.45) is 0 Å². The van der Waals surface area contributed by atoms with Crippen LogP contribution in [0.2, 0.25) is 0 Å². The van der Waals surface area contributed by atoms with Gasteiger partial charge in [-0.25, -0.2) is 4.68 Å². The lowest BCUT2D eigenvalue weighted by atomic mass is 10.1. The number of hydrogen-bond acceptors (Lipinski definition) is 4. The average Bonchev–Trinajstić information content (AvgIpc) is 3.18. The second-order valence-corrected chi connectivity index (χ2v) is 6.25. The Balaban J connectivity index is 1.74. The molecule has 1 heterocycles. The quantitative estimate of drug-likeness (QED) is 0.680. The maximum Gasteiger partial charge on any atom is 0.251 e. The van der Waals surface area contributed by atoms with Crippen LogP contribution < -0.4 is 10.1 Å². The van der Waals surface area contributed by atoms with Gasteiger partial charge in [0.1, 0.15) is 5.75 Å². The van der Waals surface area contributed by atoms with E-state index in [4.69, 9.17) is 4.74 Å². The van der Waals surface area contributed by atoms with Crippen molar-refractivity contribution in [3.8, 4) is 11.4 Å². The Morgan fingerprint density at radius 1 is 1.11 bits per heavy atom. The third-order valence-electron chi connectivity index (χ3n) is 4.30. The first-order valence-corrected chi connectivity index (χ1v) is 8.59. The zero-order chi connectivity index (χ0) is 19.4. The molecule has 138 valence electrons. The fraction of sp³-hybridized carbons (Fsp3) is 0.190. The number of carbonyl (C=O) groups excluding carboxylic acids is 2. The Bertz CT molecular complexity index is 978. The number of carbonyl (C=O) groups is 2. The molecule has 0 radical (unpaired) electrons. The van der Waals surface area contributed by atoms with Crippen LogP contribution in [0.5, 0.6) is 5.75 Å². The highest BCUT2D eigenvalue weighted by molar-refractivity contribution is 5.99. The molecule has 1 aromatic heterocycles. The van der Waals surface area contributed by atoms with E-state index in [1.54, 1.807) is 42.3 Å². The first-order valence-electron chi connectivity index (χ1n) is 8.59. The molecule has 6 nitrogen and oxygen atoms in total. The fourth-order valence-electron chi connectivity index (χ4n) is 2.70. The van der Waals surface area contributed by atoms with E-state index in [0.29, 0.717) is 11.1 Å². The number of hydrogen-bond donors (Lipinski definition) is 1. The minimum Gasteiger partial charge on any atom is -0.497 e. The van der Waals surface area contributed by atoms with E-state index in [0.717, 1.165) is 17.0 Å². The van der Waals surface area contributed by atoms with Crippen molar-refractivity contribution in [1.29, 1.82) is 0 Å². The third-order valence-corrected chi connectivity index (χ3v) is 4.30. The van der Waals surface area contributed by atoms with Crippen LogP contribution in [0.3, 0.4) is 0 Å². The normalized spacial score (nSPS) is 11.7. The molecule has 0 fully saturated rings. The van der Waals surface area contributed by atoms with E-state index >= 15 is 0 Å². The van der Waals surface area contributed by atoms with Crippen LogP contribution in [0.15, 0.2) is 60.9 Å². The zero-order valence-electron chi connectivity index (χ0n) is 15.5. The molecule has 3 rings (SSSR count). The summed E-state index contributed by atoms with van der Waals surface area (Å²) in [6.07, 6.45) is 3.59. The summed E-state index contributed by atoms with van der Waals surface area (Å²) in [5.74, 6) is 0.438. The first kappa shape index (κ1) is 18.4. The van der Waals surface area contributed by atoms with Crippen LogP contribution in [0.1, 0.15) is 46.2 Å². The van der Waals surface area contributed by atoms with Crippen LogP contribution in [-0.4, -0.2) is 28.6 Å². The first-order chi connectivity index (χ1) is 13.0. The van der Waals surface area contributed by atoms with E-state index in [-0.39, 0.29) is 17.7 Å². The molecule has 1 amide bonds. The minimum absolute atomic E-state index is 0.0720. The fourth-order valence-corrected chi connectivity index (χ4v) is 2.70. The molecule has 0 spiro atoms. The van der Waals surface area contributed by atoms with Gasteiger partial charge >= 0.3 is 0 Å². The van der Waals surface area contributed by atoms with E-state index < -0.39 is 0 Å². The van der Waals surface area contributed by atoms with Gasteiger partial charge in [-0.05, 0) is 38.1 Å². The molecule has 0 aliphatic rings. The number of amides is 1. The SMILES string of the molecule is COc1cccc(-n2cc(C(C)NC(=O)c3cccc(C(C)=O)c3)cn2)c1. The van der Waals surface area contributed by atoms with Crippen molar-refractivity contribution in [2.75, 3.05) is 7.11 Å². The summed E-state index contributed by atoms with van der Waals surface area (Å²) in [5.41, 5.74) is 2.71. The zero-order valence-corrected chi connectivity index (χ0v) is 15.5. The number of nitrogens with one attached hydrogen (secondary N) is 1. The molecule has 3 aromatic rings. The molecule has 0 saturated heterocycles. The molecule has 6 heteroatoms. The molecule has 0 aliphatic heterocycles. The molecule has 1 atom stereocenters. The third kappa shape index (κ3) is 4.23. The Hall–Kier alpha value is -3.41. The summed E-state index contributed by atoms with van der Waals surface area (Å²) in [4.78, 5) is 24.0. The second kappa shape index (κ2) is 7.86. The van der Waals surface area contributed by atoms with E-state index in [1.165, 1.54) is 6.92 Å². The van der Waals surface area contributed by atoms with E-state index in [9.17, 15) is 9.59 Å². The van der Waals surface area contributed by atoms with Gasteiger partial charge in [-0.15, -0.1) is 0 Å². The Morgan fingerprint density at radius 2 is 1.85 bits per heavy atom. The predicted molar refractivity (Wildman–Crippen MR) is 102 cm³/mol. The summed E-state index contributed by atoms with van der Waals surface area (Å²) in [7, 11) is 1.62. The van der Waals surface area contributed by atoms with Gasteiger partial charge in [0.15, 0.2) is 5.78 Å². The molecular formula is C21H21N3O3. The highest BCUT2D eigenvalue weighted by Gasteiger charge is 2.14. The highest BCUT2D eigenvalue weighted by atomic mass is 16.5. The van der Waals surface area contributed by atoms with Crippen LogP contribution in [0.25, 0.3) is 5.69 Å². The topological polar surface area (TPSA) is 73.2 Å². The van der Waals surface area contributed by atoms with Crippen LogP contribution in [-0.2, 0) is 0 Å². The lowest BCUT2D eigenvalue weighted by Crippen LogP contribution is -2.26. The lowest BCUT2D eigenvalue weighted by Gasteiger charge is -2.12. The number of Topliss-reactive ketones (excluding diaryl/α,β-unsaturated/α-hetero) is 1. The van der Waals surface area contributed by atoms with Crippen molar-refractivity contribution in [2.45, 2.75) is 19.9 Å². The van der Waals surface area contributed by atoms with Gasteiger partial charge in [0.25, 0.3) is 5.91 Å². The number of benzene rings is 2. The van der Waals surface area contributed by atoms with Gasteiger partial charge in [0.2, 0.25) is 0 Å². The van der Waals surface area contributed by atoms with Crippen LogP contribution >= 0.6 is 0 Å². The Morgan fingerprint density at radius 3 is 2.59 bits per heavy atom. The van der Waals surface area contributed by atoms with Crippen molar-refractivity contribution in [3.63, 3.8) is 0 Å². The van der Waals surface area contributed by atoms with Crippen molar-refractivity contribution in [1.82, 2.24) is 15.1 Å². The standard InChI is InChI=1S/C21H21N3O3/c1-14(23-21(26)17-7-4-6-16(10-17)15(2)25)18-12-22-24(13-18)19-8-5-9-20(11-19)27-3/h4-14H,1-3H3,(H,23,26). The monoisotopic (exact) mass is 363 g/mol. The molecular weight excluding hydrogens is 342 g/mol. The number of rotatable bonds is 6. The predicted octanol–water partition coefficient (Wildman–Crippen LogP) is 3.57. The highest BCUT2D eigenvalue weighted by Crippen LogP contribution is 2.19. The Labute approximate surface area is 157 Å². The number of aromatic nitrogens is 2. The van der Waals surface area contributed by atoms with Gasteiger partial charge in [-0.2, -0.15) is 5.10 Å². The summed E-state index contributed by atoms with van der Waals surface area (Å²) in [5, 5.41) is 7.30. The maximum atomic E-state index is 12.5. The van der Waals surface area contributed by atoms with Gasteiger partial charge < -0.3 is 10.1 Å².